The summed E-state index contributed by atoms with van der Waals surface area (Å²) in [7, 11) is 0. The van der Waals surface area contributed by atoms with Gasteiger partial charge in [0, 0.05) is 31.0 Å². The Labute approximate surface area is 199 Å². The number of hydrogen-bond acceptors (Lipinski definition) is 5. The molecule has 2 atom stereocenters. The van der Waals surface area contributed by atoms with E-state index in [1.165, 1.54) is 23.9 Å². The first kappa shape index (κ1) is 23.9. The van der Waals surface area contributed by atoms with E-state index in [4.69, 9.17) is 5.73 Å². The molecule has 4 rings (SSSR count). The van der Waals surface area contributed by atoms with Gasteiger partial charge in [0.2, 0.25) is 0 Å². The predicted molar refractivity (Wildman–Crippen MR) is 122 cm³/mol. The number of hydrogen-bond donors (Lipinski definition) is 1. The van der Waals surface area contributed by atoms with Crippen molar-refractivity contribution in [3.8, 4) is 0 Å². The number of benzene rings is 1. The first-order chi connectivity index (χ1) is 16.1. The Bertz CT molecular complexity index is 1110. The van der Waals surface area contributed by atoms with Gasteiger partial charge in [-0.05, 0) is 43.7 Å². The molecular weight excluding hydrogens is 467 g/mol. The third-order valence-corrected chi connectivity index (χ3v) is 7.37. The maximum atomic E-state index is 13.4. The molecule has 7 nitrogen and oxygen atoms in total. The number of pyridine rings is 1. The molecule has 1 fully saturated rings. The lowest BCUT2D eigenvalue weighted by Gasteiger charge is -2.33. The fraction of sp³-hybridized carbons (Fsp3) is 0.348. The van der Waals surface area contributed by atoms with Crippen molar-refractivity contribution in [2.45, 2.75) is 44.7 Å². The SMILES string of the molecule is CC1=C(C(N)=O)S[C@@H](N2CC(C)N(Cc3ccc(C(F)(F)F)cc3)C2=O)N1Cc1ccccn1. The smallest absolute Gasteiger partial charge is 0.365 e. The van der Waals surface area contributed by atoms with Gasteiger partial charge in [0.15, 0.2) is 5.50 Å². The van der Waals surface area contributed by atoms with Crippen molar-refractivity contribution in [2.24, 2.45) is 5.73 Å². The van der Waals surface area contributed by atoms with Crippen molar-refractivity contribution in [3.63, 3.8) is 0 Å². The van der Waals surface area contributed by atoms with Crippen LogP contribution in [-0.4, -0.2) is 49.7 Å². The van der Waals surface area contributed by atoms with Gasteiger partial charge >= 0.3 is 12.2 Å². The van der Waals surface area contributed by atoms with Crippen LogP contribution in [0.4, 0.5) is 18.0 Å². The average molecular weight is 492 g/mol. The van der Waals surface area contributed by atoms with Gasteiger partial charge < -0.3 is 15.5 Å². The van der Waals surface area contributed by atoms with Crippen LogP contribution in [0.2, 0.25) is 0 Å². The van der Waals surface area contributed by atoms with Gasteiger partial charge in [-0.3, -0.25) is 14.7 Å². The molecule has 0 spiro atoms. The Hall–Kier alpha value is -3.21. The third kappa shape index (κ3) is 4.70. The molecule has 180 valence electrons. The highest BCUT2D eigenvalue weighted by Gasteiger charge is 2.45. The number of rotatable bonds is 6. The highest BCUT2D eigenvalue weighted by Crippen LogP contribution is 2.42. The fourth-order valence-electron chi connectivity index (χ4n) is 4.10. The summed E-state index contributed by atoms with van der Waals surface area (Å²) < 4.78 is 38.6. The van der Waals surface area contributed by atoms with Crippen LogP contribution < -0.4 is 5.73 Å². The molecule has 1 aromatic heterocycles. The van der Waals surface area contributed by atoms with Crippen LogP contribution in [0.25, 0.3) is 0 Å². The summed E-state index contributed by atoms with van der Waals surface area (Å²) in [6, 6.07) is 9.92. The molecule has 2 aliphatic rings. The number of halogens is 3. The molecule has 0 aliphatic carbocycles. The van der Waals surface area contributed by atoms with Gasteiger partial charge in [0.05, 0.1) is 22.7 Å². The molecule has 3 amide bonds. The second-order valence-electron chi connectivity index (χ2n) is 8.28. The van der Waals surface area contributed by atoms with E-state index in [2.05, 4.69) is 4.98 Å². The Kier molecular flexibility index (Phi) is 6.48. The maximum Gasteiger partial charge on any atom is 0.416 e. The lowest BCUT2D eigenvalue weighted by atomic mass is 10.1. The van der Waals surface area contributed by atoms with Crippen LogP contribution in [0, 0.1) is 0 Å². The lowest BCUT2D eigenvalue weighted by Crippen LogP contribution is -2.45. The number of urea groups is 1. The summed E-state index contributed by atoms with van der Waals surface area (Å²) in [4.78, 5) is 35.4. The molecule has 0 saturated carbocycles. The fourth-order valence-corrected chi connectivity index (χ4v) is 5.38. The van der Waals surface area contributed by atoms with Gasteiger partial charge in [0.25, 0.3) is 5.91 Å². The number of thioether (sulfide) groups is 1. The van der Waals surface area contributed by atoms with Crippen LogP contribution in [0.15, 0.2) is 59.3 Å². The number of nitrogens with zero attached hydrogens (tertiary/aromatic N) is 4. The minimum Gasteiger partial charge on any atom is -0.365 e. The van der Waals surface area contributed by atoms with Gasteiger partial charge in [-0.15, -0.1) is 0 Å². The van der Waals surface area contributed by atoms with E-state index in [-0.39, 0.29) is 18.6 Å². The number of carbonyl (C=O) groups excluding carboxylic acids is 2. The molecule has 1 aromatic carbocycles. The van der Waals surface area contributed by atoms with E-state index >= 15 is 0 Å². The number of carbonyl (C=O) groups is 2. The molecule has 1 unspecified atom stereocenters. The van der Waals surface area contributed by atoms with E-state index < -0.39 is 23.1 Å². The van der Waals surface area contributed by atoms with Crippen LogP contribution in [0.3, 0.4) is 0 Å². The first-order valence-corrected chi connectivity index (χ1v) is 11.5. The van der Waals surface area contributed by atoms with Crippen molar-refractivity contribution >= 4 is 23.7 Å². The number of nitrogens with two attached hydrogens (primary N) is 1. The van der Waals surface area contributed by atoms with E-state index in [1.807, 2.05) is 30.0 Å². The van der Waals surface area contributed by atoms with Crippen molar-refractivity contribution < 1.29 is 22.8 Å². The summed E-state index contributed by atoms with van der Waals surface area (Å²) in [5, 5.41) is 0. The van der Waals surface area contributed by atoms with Gasteiger partial charge in [-0.2, -0.15) is 13.2 Å². The van der Waals surface area contributed by atoms with E-state index in [0.717, 1.165) is 17.8 Å². The average Bonchev–Trinajstić information content (AvgIpc) is 3.25. The quantitative estimate of drug-likeness (QED) is 0.661. The summed E-state index contributed by atoms with van der Waals surface area (Å²) in [6.45, 7) is 4.65. The Balaban J connectivity index is 1.54. The Morgan fingerprint density at radius 2 is 1.85 bits per heavy atom. The molecule has 34 heavy (non-hydrogen) atoms. The summed E-state index contributed by atoms with van der Waals surface area (Å²) in [5.41, 5.74) is 6.42. The van der Waals surface area contributed by atoms with Crippen molar-refractivity contribution in [1.29, 1.82) is 0 Å². The Morgan fingerprint density at radius 3 is 2.44 bits per heavy atom. The first-order valence-electron chi connectivity index (χ1n) is 10.6. The molecule has 11 heteroatoms. The summed E-state index contributed by atoms with van der Waals surface area (Å²) in [6.07, 6.45) is -2.73. The number of allylic oxidation sites excluding steroid dienone is 1. The highest BCUT2D eigenvalue weighted by atomic mass is 32.2. The predicted octanol–water partition coefficient (Wildman–Crippen LogP) is 3.98. The molecule has 2 aliphatic heterocycles. The van der Waals surface area contributed by atoms with Gasteiger partial charge in [0.1, 0.15) is 0 Å². The van der Waals surface area contributed by atoms with Crippen LogP contribution in [0.5, 0.6) is 0 Å². The van der Waals surface area contributed by atoms with Gasteiger partial charge in [-0.25, -0.2) is 4.79 Å². The molecular formula is C23H24F3N5O2S. The topological polar surface area (TPSA) is 82.8 Å². The Morgan fingerprint density at radius 1 is 1.15 bits per heavy atom. The van der Waals surface area contributed by atoms with Crippen molar-refractivity contribution in [1.82, 2.24) is 19.7 Å². The van der Waals surface area contributed by atoms with Gasteiger partial charge in [-0.1, -0.05) is 30.0 Å². The largest absolute Gasteiger partial charge is 0.416 e. The summed E-state index contributed by atoms with van der Waals surface area (Å²) >= 11 is 1.23. The number of primary amides is 1. The standard InChI is InChI=1S/C23H24F3N5O2S/c1-14-11-31(21(33)29(14)12-16-6-8-17(9-7-16)23(24,25)26)22-30(13-18-5-3-4-10-28-18)15(2)19(34-22)20(27)32/h3-10,14,22H,11-13H2,1-2H3,(H2,27,32)/t14?,22-/m1/s1. The maximum absolute atomic E-state index is 13.4. The zero-order valence-electron chi connectivity index (χ0n) is 18.6. The highest BCUT2D eigenvalue weighted by molar-refractivity contribution is 8.04. The lowest BCUT2D eigenvalue weighted by molar-refractivity contribution is -0.137. The zero-order valence-corrected chi connectivity index (χ0v) is 19.4. The molecule has 3 heterocycles. The number of aromatic nitrogens is 1. The van der Waals surface area contributed by atoms with Crippen molar-refractivity contribution in [2.75, 3.05) is 6.54 Å². The monoisotopic (exact) mass is 491 g/mol. The van der Waals surface area contributed by atoms with E-state index in [1.54, 1.807) is 22.9 Å². The van der Waals surface area contributed by atoms with Crippen molar-refractivity contribution in [3.05, 3.63) is 76.1 Å². The summed E-state index contributed by atoms with van der Waals surface area (Å²) in [5.74, 6) is -0.558. The second kappa shape index (κ2) is 9.21. The molecule has 0 radical (unpaired) electrons. The minimum atomic E-state index is -4.41. The van der Waals surface area contributed by atoms with E-state index in [9.17, 15) is 22.8 Å². The van der Waals surface area contributed by atoms with Crippen LogP contribution >= 0.6 is 11.8 Å². The third-order valence-electron chi connectivity index (χ3n) is 5.92. The van der Waals surface area contributed by atoms with Crippen LogP contribution in [-0.2, 0) is 24.1 Å². The molecule has 2 aromatic rings. The molecule has 0 bridgehead atoms. The normalized spacial score (nSPS) is 21.1. The number of amides is 3. The minimum absolute atomic E-state index is 0.176. The molecule has 2 N–H and O–H groups in total. The van der Waals surface area contributed by atoms with E-state index in [0.29, 0.717) is 29.3 Å². The molecule has 1 saturated heterocycles. The van der Waals surface area contributed by atoms with Crippen LogP contribution in [0.1, 0.15) is 30.7 Å². The number of alkyl halides is 3. The second-order valence-corrected chi connectivity index (χ2v) is 9.34. The zero-order chi connectivity index (χ0) is 24.6.